The third-order valence-corrected chi connectivity index (χ3v) is 6.75. The van der Waals surface area contributed by atoms with Crippen LogP contribution in [0.4, 0.5) is 0 Å². The van der Waals surface area contributed by atoms with Gasteiger partial charge in [-0.3, -0.25) is 4.98 Å². The molecule has 1 aromatic carbocycles. The summed E-state index contributed by atoms with van der Waals surface area (Å²) in [5.74, 6) is -0.286. The van der Waals surface area contributed by atoms with E-state index in [9.17, 15) is 4.79 Å². The number of nitrogens with one attached hydrogen (secondary N) is 1. The van der Waals surface area contributed by atoms with E-state index in [0.29, 0.717) is 5.56 Å². The first-order valence-corrected chi connectivity index (χ1v) is 10.9. The molecule has 0 saturated carbocycles. The number of esters is 1. The molecule has 158 valence electrons. The number of fused-ring (bicyclic) bond motifs is 1. The van der Waals surface area contributed by atoms with Crippen molar-refractivity contribution in [2.24, 2.45) is 0 Å². The Bertz CT molecular complexity index is 1030. The SMILES string of the molecule is CCN1CCC(C)(c2ccc3[nH]c(C)c(C(=O)OC(C)c4ccncc4)c3c2)CC1. The number of carbonyl (C=O) groups is 1. The Kier molecular flexibility index (Phi) is 5.65. The van der Waals surface area contributed by atoms with Gasteiger partial charge in [0.05, 0.1) is 5.56 Å². The second kappa shape index (κ2) is 8.23. The molecule has 1 aliphatic heterocycles. The van der Waals surface area contributed by atoms with Crippen LogP contribution in [0.15, 0.2) is 42.7 Å². The number of pyridine rings is 1. The molecule has 0 bridgehead atoms. The Morgan fingerprint density at radius 1 is 1.23 bits per heavy atom. The van der Waals surface area contributed by atoms with Crippen LogP contribution in [-0.2, 0) is 10.2 Å². The van der Waals surface area contributed by atoms with Crippen LogP contribution < -0.4 is 0 Å². The van der Waals surface area contributed by atoms with Gasteiger partial charge in [0.2, 0.25) is 0 Å². The van der Waals surface area contributed by atoms with E-state index in [2.05, 4.69) is 46.9 Å². The van der Waals surface area contributed by atoms with Gasteiger partial charge in [-0.25, -0.2) is 4.79 Å². The van der Waals surface area contributed by atoms with E-state index in [-0.39, 0.29) is 17.5 Å². The Morgan fingerprint density at radius 3 is 2.60 bits per heavy atom. The standard InChI is InChI=1S/C25H31N3O2/c1-5-28-14-10-25(4,11-15-28)20-6-7-22-21(16-20)23(17(2)27-22)24(29)30-18(3)19-8-12-26-13-9-19/h6-9,12-13,16,18,27H,5,10-11,14-15H2,1-4H3. The highest BCUT2D eigenvalue weighted by molar-refractivity contribution is 6.05. The van der Waals surface area contributed by atoms with Crippen molar-refractivity contribution in [1.29, 1.82) is 0 Å². The van der Waals surface area contributed by atoms with Crippen molar-refractivity contribution in [2.75, 3.05) is 19.6 Å². The first-order chi connectivity index (χ1) is 14.4. The fourth-order valence-electron chi connectivity index (χ4n) is 4.54. The van der Waals surface area contributed by atoms with Crippen molar-refractivity contribution in [3.05, 3.63) is 65.1 Å². The lowest BCUT2D eigenvalue weighted by Crippen LogP contribution is -2.40. The Balaban J connectivity index is 1.63. The van der Waals surface area contributed by atoms with Crippen LogP contribution in [0.25, 0.3) is 10.9 Å². The normalized spacial score (nSPS) is 17.7. The van der Waals surface area contributed by atoms with Gasteiger partial charge in [-0.2, -0.15) is 0 Å². The molecular weight excluding hydrogens is 374 g/mol. The van der Waals surface area contributed by atoms with Gasteiger partial charge in [-0.1, -0.05) is 19.9 Å². The van der Waals surface area contributed by atoms with Gasteiger partial charge in [-0.05, 0) is 87.1 Å². The van der Waals surface area contributed by atoms with Crippen molar-refractivity contribution in [3.63, 3.8) is 0 Å². The topological polar surface area (TPSA) is 58.2 Å². The maximum Gasteiger partial charge on any atom is 0.341 e. The minimum absolute atomic E-state index is 0.135. The minimum Gasteiger partial charge on any atom is -0.454 e. The van der Waals surface area contributed by atoms with Gasteiger partial charge in [-0.15, -0.1) is 0 Å². The molecule has 2 aromatic heterocycles. The molecule has 0 amide bonds. The fraction of sp³-hybridized carbons (Fsp3) is 0.440. The zero-order chi connectivity index (χ0) is 21.3. The number of benzene rings is 1. The van der Waals surface area contributed by atoms with Crippen molar-refractivity contribution >= 4 is 16.9 Å². The van der Waals surface area contributed by atoms with Crippen molar-refractivity contribution < 1.29 is 9.53 Å². The number of aryl methyl sites for hydroxylation is 1. The van der Waals surface area contributed by atoms with Crippen molar-refractivity contribution in [3.8, 4) is 0 Å². The van der Waals surface area contributed by atoms with E-state index >= 15 is 0 Å². The predicted molar refractivity (Wildman–Crippen MR) is 120 cm³/mol. The summed E-state index contributed by atoms with van der Waals surface area (Å²) in [6.45, 7) is 11.8. The number of hydrogen-bond donors (Lipinski definition) is 1. The number of carbonyl (C=O) groups excluding carboxylic acids is 1. The summed E-state index contributed by atoms with van der Waals surface area (Å²) in [4.78, 5) is 23.0. The van der Waals surface area contributed by atoms with Crippen LogP contribution in [-0.4, -0.2) is 40.5 Å². The highest BCUT2D eigenvalue weighted by atomic mass is 16.5. The highest BCUT2D eigenvalue weighted by Gasteiger charge is 2.32. The number of aromatic nitrogens is 2. The fourth-order valence-corrected chi connectivity index (χ4v) is 4.54. The van der Waals surface area contributed by atoms with E-state index in [1.54, 1.807) is 12.4 Å². The molecule has 1 atom stereocenters. The smallest absolute Gasteiger partial charge is 0.341 e. The molecule has 1 fully saturated rings. The molecule has 1 aliphatic rings. The monoisotopic (exact) mass is 405 g/mol. The number of likely N-dealkylation sites (tertiary alicyclic amines) is 1. The van der Waals surface area contributed by atoms with Gasteiger partial charge in [0.25, 0.3) is 0 Å². The molecule has 0 spiro atoms. The van der Waals surface area contributed by atoms with E-state index < -0.39 is 0 Å². The molecule has 0 radical (unpaired) electrons. The number of piperidine rings is 1. The summed E-state index contributed by atoms with van der Waals surface area (Å²) < 4.78 is 5.82. The second-order valence-corrected chi connectivity index (χ2v) is 8.71. The summed E-state index contributed by atoms with van der Waals surface area (Å²) in [6.07, 6.45) is 5.37. The average molecular weight is 406 g/mol. The zero-order valence-corrected chi connectivity index (χ0v) is 18.4. The van der Waals surface area contributed by atoms with E-state index in [1.807, 2.05) is 26.0 Å². The first-order valence-electron chi connectivity index (χ1n) is 10.9. The van der Waals surface area contributed by atoms with E-state index in [1.165, 1.54) is 5.56 Å². The van der Waals surface area contributed by atoms with Gasteiger partial charge in [0, 0.05) is 29.0 Å². The molecule has 4 rings (SSSR count). The number of hydrogen-bond acceptors (Lipinski definition) is 4. The van der Waals surface area contributed by atoms with Crippen LogP contribution in [0.2, 0.25) is 0 Å². The van der Waals surface area contributed by atoms with Gasteiger partial charge < -0.3 is 14.6 Å². The largest absolute Gasteiger partial charge is 0.454 e. The molecule has 3 heterocycles. The summed E-state index contributed by atoms with van der Waals surface area (Å²) >= 11 is 0. The van der Waals surface area contributed by atoms with Crippen molar-refractivity contribution in [2.45, 2.75) is 52.1 Å². The average Bonchev–Trinajstić information content (AvgIpc) is 3.10. The number of rotatable bonds is 5. The summed E-state index contributed by atoms with van der Waals surface area (Å²) in [7, 11) is 0. The van der Waals surface area contributed by atoms with Gasteiger partial charge in [0.15, 0.2) is 0 Å². The molecular formula is C25H31N3O2. The Hall–Kier alpha value is -2.66. The predicted octanol–water partition coefficient (Wildman–Crippen LogP) is 5.16. The lowest BCUT2D eigenvalue weighted by Gasteiger charge is -2.39. The molecule has 1 N–H and O–H groups in total. The molecule has 0 aliphatic carbocycles. The maximum atomic E-state index is 13.1. The minimum atomic E-state index is -0.330. The van der Waals surface area contributed by atoms with E-state index in [0.717, 1.165) is 54.6 Å². The second-order valence-electron chi connectivity index (χ2n) is 8.71. The maximum absolute atomic E-state index is 13.1. The van der Waals surface area contributed by atoms with E-state index in [4.69, 9.17) is 4.74 Å². The molecule has 3 aromatic rings. The Morgan fingerprint density at radius 2 is 1.93 bits per heavy atom. The summed E-state index contributed by atoms with van der Waals surface area (Å²) in [6, 6.07) is 10.3. The summed E-state index contributed by atoms with van der Waals surface area (Å²) in [5.41, 5.74) is 4.85. The van der Waals surface area contributed by atoms with Crippen molar-refractivity contribution in [1.82, 2.24) is 14.9 Å². The van der Waals surface area contributed by atoms with Crippen LogP contribution in [0.1, 0.15) is 66.9 Å². The number of H-pyrrole nitrogens is 1. The molecule has 5 nitrogen and oxygen atoms in total. The van der Waals surface area contributed by atoms with Crippen LogP contribution in [0.5, 0.6) is 0 Å². The molecule has 5 heteroatoms. The molecule has 1 saturated heterocycles. The Labute approximate surface area is 178 Å². The van der Waals surface area contributed by atoms with Crippen LogP contribution in [0.3, 0.4) is 0 Å². The first kappa shape index (κ1) is 20.6. The van der Waals surface area contributed by atoms with Crippen LogP contribution in [0, 0.1) is 6.92 Å². The lowest BCUT2D eigenvalue weighted by molar-refractivity contribution is 0.0339. The highest BCUT2D eigenvalue weighted by Crippen LogP contribution is 2.37. The molecule has 30 heavy (non-hydrogen) atoms. The number of nitrogens with zero attached hydrogens (tertiary/aromatic N) is 2. The number of ether oxygens (including phenoxy) is 1. The van der Waals surface area contributed by atoms with Gasteiger partial charge >= 0.3 is 5.97 Å². The van der Waals surface area contributed by atoms with Gasteiger partial charge in [0.1, 0.15) is 6.10 Å². The quantitative estimate of drug-likeness (QED) is 0.596. The third kappa shape index (κ3) is 3.86. The third-order valence-electron chi connectivity index (χ3n) is 6.75. The summed E-state index contributed by atoms with van der Waals surface area (Å²) in [5, 5.41) is 0.955. The molecule has 1 unspecified atom stereocenters. The number of aromatic amines is 1. The zero-order valence-electron chi connectivity index (χ0n) is 18.4. The van der Waals surface area contributed by atoms with Crippen LogP contribution >= 0.6 is 0 Å². The lowest BCUT2D eigenvalue weighted by atomic mass is 9.74.